The highest BCUT2D eigenvalue weighted by Gasteiger charge is 2.16. The van der Waals surface area contributed by atoms with Gasteiger partial charge in [-0.1, -0.05) is 31.4 Å². The van der Waals surface area contributed by atoms with E-state index >= 15 is 0 Å². The lowest BCUT2D eigenvalue weighted by Gasteiger charge is -2.10. The monoisotopic (exact) mass is 317 g/mol. The Labute approximate surface area is 136 Å². The SMILES string of the molecule is CCCCCCn1nnc(C=O)c1-c1cc(OC)cc(OC)c1. The summed E-state index contributed by atoms with van der Waals surface area (Å²) < 4.78 is 12.4. The van der Waals surface area contributed by atoms with Crippen molar-refractivity contribution in [3.63, 3.8) is 0 Å². The van der Waals surface area contributed by atoms with Crippen molar-refractivity contribution < 1.29 is 14.3 Å². The third-order valence-electron chi connectivity index (χ3n) is 3.72. The van der Waals surface area contributed by atoms with E-state index < -0.39 is 0 Å². The van der Waals surface area contributed by atoms with Crippen LogP contribution in [0.5, 0.6) is 11.5 Å². The molecule has 0 atom stereocenters. The highest BCUT2D eigenvalue weighted by Crippen LogP contribution is 2.30. The first-order valence-corrected chi connectivity index (χ1v) is 7.85. The molecule has 0 fully saturated rings. The summed E-state index contributed by atoms with van der Waals surface area (Å²) in [5.41, 5.74) is 1.84. The molecule has 0 N–H and O–H groups in total. The molecule has 124 valence electrons. The number of rotatable bonds is 9. The molecule has 0 saturated carbocycles. The van der Waals surface area contributed by atoms with Gasteiger partial charge in [0.05, 0.1) is 19.9 Å². The van der Waals surface area contributed by atoms with Crippen LogP contribution in [0, 0.1) is 0 Å². The summed E-state index contributed by atoms with van der Waals surface area (Å²) >= 11 is 0. The Bertz CT molecular complexity index is 630. The van der Waals surface area contributed by atoms with Gasteiger partial charge in [0.25, 0.3) is 0 Å². The van der Waals surface area contributed by atoms with Crippen molar-refractivity contribution in [1.82, 2.24) is 15.0 Å². The van der Waals surface area contributed by atoms with Gasteiger partial charge in [-0.25, -0.2) is 4.68 Å². The molecule has 0 amide bonds. The van der Waals surface area contributed by atoms with Crippen molar-refractivity contribution in [2.24, 2.45) is 0 Å². The van der Waals surface area contributed by atoms with Gasteiger partial charge >= 0.3 is 0 Å². The quantitative estimate of drug-likeness (QED) is 0.524. The lowest BCUT2D eigenvalue weighted by atomic mass is 10.1. The highest BCUT2D eigenvalue weighted by molar-refractivity contribution is 5.83. The van der Waals surface area contributed by atoms with Crippen LogP contribution in [0.25, 0.3) is 11.3 Å². The summed E-state index contributed by atoms with van der Waals surface area (Å²) in [7, 11) is 3.19. The number of nitrogens with zero attached hydrogens (tertiary/aromatic N) is 3. The molecule has 1 heterocycles. The van der Waals surface area contributed by atoms with Crippen LogP contribution in [-0.4, -0.2) is 35.5 Å². The molecular weight excluding hydrogens is 294 g/mol. The Morgan fingerprint density at radius 2 is 1.78 bits per heavy atom. The Hall–Kier alpha value is -2.37. The van der Waals surface area contributed by atoms with E-state index in [0.29, 0.717) is 22.9 Å². The van der Waals surface area contributed by atoms with E-state index in [0.717, 1.165) is 31.2 Å². The van der Waals surface area contributed by atoms with Crippen LogP contribution >= 0.6 is 0 Å². The Morgan fingerprint density at radius 1 is 1.09 bits per heavy atom. The minimum Gasteiger partial charge on any atom is -0.497 e. The minimum atomic E-state index is 0.329. The maximum absolute atomic E-state index is 11.3. The zero-order valence-corrected chi connectivity index (χ0v) is 13.9. The van der Waals surface area contributed by atoms with Gasteiger partial charge in [0, 0.05) is 18.2 Å². The number of aryl methyl sites for hydroxylation is 1. The first kappa shape index (κ1) is 17.0. The fourth-order valence-corrected chi connectivity index (χ4v) is 2.49. The zero-order chi connectivity index (χ0) is 16.7. The number of benzene rings is 1. The first-order chi connectivity index (χ1) is 11.2. The number of carbonyl (C=O) groups excluding carboxylic acids is 1. The van der Waals surface area contributed by atoms with Crippen LogP contribution in [0.15, 0.2) is 18.2 Å². The van der Waals surface area contributed by atoms with Crippen molar-refractivity contribution in [3.8, 4) is 22.8 Å². The molecule has 6 heteroatoms. The molecule has 0 aliphatic carbocycles. The molecular formula is C17H23N3O3. The predicted molar refractivity (Wildman–Crippen MR) is 88.1 cm³/mol. The summed E-state index contributed by atoms with van der Waals surface area (Å²) in [6.07, 6.45) is 5.24. The largest absolute Gasteiger partial charge is 0.497 e. The van der Waals surface area contributed by atoms with Crippen molar-refractivity contribution in [2.75, 3.05) is 14.2 Å². The van der Waals surface area contributed by atoms with E-state index in [2.05, 4.69) is 17.2 Å². The third kappa shape index (κ3) is 4.09. The van der Waals surface area contributed by atoms with E-state index in [1.54, 1.807) is 25.0 Å². The van der Waals surface area contributed by atoms with E-state index in [1.807, 2.05) is 12.1 Å². The van der Waals surface area contributed by atoms with Crippen molar-refractivity contribution >= 4 is 6.29 Å². The summed E-state index contributed by atoms with van der Waals surface area (Å²) in [6.45, 7) is 2.91. The standard InChI is InChI=1S/C17H23N3O3/c1-4-5-6-7-8-20-17(16(12-21)18-19-20)13-9-14(22-2)11-15(10-13)23-3/h9-12H,4-8H2,1-3H3. The van der Waals surface area contributed by atoms with E-state index in [1.165, 1.54) is 12.8 Å². The predicted octanol–water partition coefficient (Wildman–Crippen LogP) is 3.36. The molecule has 1 aromatic carbocycles. The van der Waals surface area contributed by atoms with Gasteiger partial charge in [-0.3, -0.25) is 4.79 Å². The molecule has 0 aliphatic rings. The van der Waals surface area contributed by atoms with Crippen molar-refractivity contribution in [1.29, 1.82) is 0 Å². The number of carbonyl (C=O) groups is 1. The van der Waals surface area contributed by atoms with E-state index in [-0.39, 0.29) is 0 Å². The van der Waals surface area contributed by atoms with Crippen LogP contribution in [0.1, 0.15) is 43.1 Å². The molecule has 2 aromatic rings. The summed E-state index contributed by atoms with van der Waals surface area (Å²) in [6, 6.07) is 5.51. The fraction of sp³-hybridized carbons (Fsp3) is 0.471. The third-order valence-corrected chi connectivity index (χ3v) is 3.72. The van der Waals surface area contributed by atoms with Crippen LogP contribution in [0.4, 0.5) is 0 Å². The normalized spacial score (nSPS) is 10.6. The van der Waals surface area contributed by atoms with Crippen molar-refractivity contribution in [2.45, 2.75) is 39.2 Å². The molecule has 1 aromatic heterocycles. The van der Waals surface area contributed by atoms with Gasteiger partial charge in [0.15, 0.2) is 12.0 Å². The molecule has 0 aliphatic heterocycles. The van der Waals surface area contributed by atoms with Gasteiger partial charge < -0.3 is 9.47 Å². The molecule has 0 bridgehead atoms. The maximum Gasteiger partial charge on any atom is 0.172 e. The molecule has 6 nitrogen and oxygen atoms in total. The number of aromatic nitrogens is 3. The second kappa shape index (κ2) is 8.31. The van der Waals surface area contributed by atoms with Crippen LogP contribution < -0.4 is 9.47 Å². The van der Waals surface area contributed by atoms with Crippen molar-refractivity contribution in [3.05, 3.63) is 23.9 Å². The maximum atomic E-state index is 11.3. The van der Waals surface area contributed by atoms with Crippen LogP contribution in [0.3, 0.4) is 0 Å². The van der Waals surface area contributed by atoms with Gasteiger partial charge in [-0.2, -0.15) is 0 Å². The lowest BCUT2D eigenvalue weighted by Crippen LogP contribution is -2.04. The molecule has 0 unspecified atom stereocenters. The van der Waals surface area contributed by atoms with Gasteiger partial charge in [0.1, 0.15) is 11.5 Å². The molecule has 0 radical (unpaired) electrons. The smallest absolute Gasteiger partial charge is 0.172 e. The topological polar surface area (TPSA) is 66.2 Å². The zero-order valence-electron chi connectivity index (χ0n) is 13.9. The average molecular weight is 317 g/mol. The summed E-state index contributed by atoms with van der Waals surface area (Å²) in [5, 5.41) is 8.11. The number of ether oxygens (including phenoxy) is 2. The molecule has 2 rings (SSSR count). The van der Waals surface area contributed by atoms with Gasteiger partial charge in [-0.05, 0) is 18.6 Å². The van der Waals surface area contributed by atoms with Gasteiger partial charge in [-0.15, -0.1) is 5.10 Å². The second-order valence-electron chi connectivity index (χ2n) is 5.33. The highest BCUT2D eigenvalue weighted by atomic mass is 16.5. The van der Waals surface area contributed by atoms with Gasteiger partial charge in [0.2, 0.25) is 0 Å². The molecule has 0 saturated heterocycles. The number of methoxy groups -OCH3 is 2. The Morgan fingerprint density at radius 3 is 2.35 bits per heavy atom. The minimum absolute atomic E-state index is 0.329. The van der Waals surface area contributed by atoms with E-state index in [4.69, 9.17) is 9.47 Å². The van der Waals surface area contributed by atoms with Crippen LogP contribution in [-0.2, 0) is 6.54 Å². The fourth-order valence-electron chi connectivity index (χ4n) is 2.49. The second-order valence-corrected chi connectivity index (χ2v) is 5.33. The Kier molecular flexibility index (Phi) is 6.14. The Balaban J connectivity index is 2.36. The molecule has 23 heavy (non-hydrogen) atoms. The number of aldehydes is 1. The number of hydrogen-bond acceptors (Lipinski definition) is 5. The van der Waals surface area contributed by atoms with Crippen LogP contribution in [0.2, 0.25) is 0 Å². The number of unbranched alkanes of at least 4 members (excludes halogenated alkanes) is 3. The summed E-state index contributed by atoms with van der Waals surface area (Å²) in [4.78, 5) is 11.3. The molecule has 0 spiro atoms. The lowest BCUT2D eigenvalue weighted by molar-refractivity contribution is 0.111. The number of hydrogen-bond donors (Lipinski definition) is 0. The van der Waals surface area contributed by atoms with E-state index in [9.17, 15) is 4.79 Å². The summed E-state index contributed by atoms with van der Waals surface area (Å²) in [5.74, 6) is 1.32. The first-order valence-electron chi connectivity index (χ1n) is 7.85. The average Bonchev–Trinajstić information content (AvgIpc) is 3.01.